The first kappa shape index (κ1) is 13.0. The number of aromatic nitrogens is 1. The SMILES string of the molecule is CC1CCc2ccccc2N1CCc1ccc(N)cn1. The van der Waals surface area contributed by atoms with Gasteiger partial charge in [-0.25, -0.2) is 0 Å². The summed E-state index contributed by atoms with van der Waals surface area (Å²) >= 11 is 0. The summed E-state index contributed by atoms with van der Waals surface area (Å²) in [5.74, 6) is 0. The highest BCUT2D eigenvalue weighted by Gasteiger charge is 2.22. The molecule has 0 radical (unpaired) electrons. The van der Waals surface area contributed by atoms with Crippen LogP contribution in [0.2, 0.25) is 0 Å². The molecule has 2 aromatic rings. The predicted octanol–water partition coefficient (Wildman–Crippen LogP) is 3.05. The molecule has 3 nitrogen and oxygen atoms in total. The Hall–Kier alpha value is -2.03. The number of benzene rings is 1. The van der Waals surface area contributed by atoms with Gasteiger partial charge in [0.05, 0.1) is 11.9 Å². The molecule has 1 aliphatic heterocycles. The molecule has 1 atom stereocenters. The minimum Gasteiger partial charge on any atom is -0.397 e. The lowest BCUT2D eigenvalue weighted by Crippen LogP contribution is -2.38. The van der Waals surface area contributed by atoms with Gasteiger partial charge in [-0.05, 0) is 43.5 Å². The molecule has 0 bridgehead atoms. The molecular formula is C17H21N3. The van der Waals surface area contributed by atoms with Gasteiger partial charge in [-0.3, -0.25) is 4.98 Å². The minimum absolute atomic E-state index is 0.596. The molecule has 1 aromatic carbocycles. The lowest BCUT2D eigenvalue weighted by atomic mass is 9.96. The van der Waals surface area contributed by atoms with Crippen LogP contribution in [0.15, 0.2) is 42.6 Å². The quantitative estimate of drug-likeness (QED) is 0.929. The molecule has 0 spiro atoms. The molecule has 0 aliphatic carbocycles. The molecule has 3 heteroatoms. The Labute approximate surface area is 120 Å². The zero-order valence-electron chi connectivity index (χ0n) is 11.9. The molecule has 0 amide bonds. The lowest BCUT2D eigenvalue weighted by Gasteiger charge is -2.37. The van der Waals surface area contributed by atoms with E-state index in [1.165, 1.54) is 24.1 Å². The van der Waals surface area contributed by atoms with Crippen molar-refractivity contribution in [2.24, 2.45) is 0 Å². The summed E-state index contributed by atoms with van der Waals surface area (Å²) in [6.45, 7) is 3.32. The van der Waals surface area contributed by atoms with Gasteiger partial charge >= 0.3 is 0 Å². The normalized spacial score (nSPS) is 17.9. The lowest BCUT2D eigenvalue weighted by molar-refractivity contribution is 0.560. The molecule has 2 N–H and O–H groups in total. The van der Waals surface area contributed by atoms with E-state index in [1.54, 1.807) is 6.20 Å². The van der Waals surface area contributed by atoms with E-state index >= 15 is 0 Å². The summed E-state index contributed by atoms with van der Waals surface area (Å²) in [4.78, 5) is 6.90. The minimum atomic E-state index is 0.596. The maximum Gasteiger partial charge on any atom is 0.0501 e. The Morgan fingerprint density at radius 1 is 1.25 bits per heavy atom. The number of nitrogen functional groups attached to an aromatic ring is 1. The fourth-order valence-corrected chi connectivity index (χ4v) is 2.92. The van der Waals surface area contributed by atoms with Gasteiger partial charge in [0, 0.05) is 30.4 Å². The molecule has 20 heavy (non-hydrogen) atoms. The molecule has 1 aromatic heterocycles. The van der Waals surface area contributed by atoms with Gasteiger partial charge in [0.25, 0.3) is 0 Å². The van der Waals surface area contributed by atoms with Gasteiger partial charge in [0.2, 0.25) is 0 Å². The largest absolute Gasteiger partial charge is 0.397 e. The highest BCUT2D eigenvalue weighted by atomic mass is 15.2. The van der Waals surface area contributed by atoms with Crippen molar-refractivity contribution >= 4 is 11.4 Å². The van der Waals surface area contributed by atoms with Crippen LogP contribution in [0.1, 0.15) is 24.6 Å². The van der Waals surface area contributed by atoms with Crippen LogP contribution in [0.5, 0.6) is 0 Å². The Bertz CT molecular complexity index is 577. The Morgan fingerprint density at radius 3 is 2.90 bits per heavy atom. The van der Waals surface area contributed by atoms with E-state index in [1.807, 2.05) is 12.1 Å². The summed E-state index contributed by atoms with van der Waals surface area (Å²) in [5.41, 5.74) is 10.4. The fraction of sp³-hybridized carbons (Fsp3) is 0.353. The number of nitrogens with zero attached hydrogens (tertiary/aromatic N) is 2. The van der Waals surface area contributed by atoms with Gasteiger partial charge in [0.1, 0.15) is 0 Å². The second-order valence-corrected chi connectivity index (χ2v) is 5.54. The first-order chi connectivity index (χ1) is 9.74. The van der Waals surface area contributed by atoms with Crippen molar-refractivity contribution in [2.45, 2.75) is 32.2 Å². The zero-order valence-corrected chi connectivity index (χ0v) is 11.9. The van der Waals surface area contributed by atoms with Gasteiger partial charge < -0.3 is 10.6 Å². The zero-order chi connectivity index (χ0) is 13.9. The number of nitrogens with two attached hydrogens (primary N) is 1. The van der Waals surface area contributed by atoms with E-state index in [4.69, 9.17) is 5.73 Å². The average Bonchev–Trinajstić information content (AvgIpc) is 2.48. The van der Waals surface area contributed by atoms with Crippen LogP contribution in [0.25, 0.3) is 0 Å². The third-order valence-electron chi connectivity index (χ3n) is 4.12. The van der Waals surface area contributed by atoms with E-state index in [9.17, 15) is 0 Å². The standard InChI is InChI=1S/C17H21N3/c1-13-6-7-14-4-2-3-5-17(14)20(13)11-10-16-9-8-15(18)12-19-16/h2-5,8-9,12-13H,6-7,10-11,18H2,1H3. The maximum atomic E-state index is 5.68. The first-order valence-corrected chi connectivity index (χ1v) is 7.29. The van der Waals surface area contributed by atoms with Crippen molar-refractivity contribution < 1.29 is 0 Å². The highest BCUT2D eigenvalue weighted by molar-refractivity contribution is 5.56. The summed E-state index contributed by atoms with van der Waals surface area (Å²) < 4.78 is 0. The Balaban J connectivity index is 1.75. The van der Waals surface area contributed by atoms with Crippen LogP contribution in [0, 0.1) is 0 Å². The number of pyridine rings is 1. The second-order valence-electron chi connectivity index (χ2n) is 5.54. The first-order valence-electron chi connectivity index (χ1n) is 7.29. The van der Waals surface area contributed by atoms with Crippen molar-refractivity contribution in [3.05, 3.63) is 53.9 Å². The molecule has 1 aliphatic rings. The highest BCUT2D eigenvalue weighted by Crippen LogP contribution is 2.30. The van der Waals surface area contributed by atoms with Crippen molar-refractivity contribution in [3.8, 4) is 0 Å². The van der Waals surface area contributed by atoms with Crippen LogP contribution >= 0.6 is 0 Å². The van der Waals surface area contributed by atoms with Crippen LogP contribution in [0.3, 0.4) is 0 Å². The van der Waals surface area contributed by atoms with Crippen molar-refractivity contribution in [1.29, 1.82) is 0 Å². The van der Waals surface area contributed by atoms with Crippen LogP contribution in [0.4, 0.5) is 11.4 Å². The van der Waals surface area contributed by atoms with Crippen LogP contribution in [-0.2, 0) is 12.8 Å². The number of fused-ring (bicyclic) bond motifs is 1. The molecule has 2 heterocycles. The number of aryl methyl sites for hydroxylation is 1. The van der Waals surface area contributed by atoms with E-state index in [0.29, 0.717) is 6.04 Å². The van der Waals surface area contributed by atoms with Gasteiger partial charge in [-0.2, -0.15) is 0 Å². The van der Waals surface area contributed by atoms with Crippen LogP contribution in [-0.4, -0.2) is 17.6 Å². The predicted molar refractivity (Wildman–Crippen MR) is 83.9 cm³/mol. The van der Waals surface area contributed by atoms with Crippen molar-refractivity contribution in [1.82, 2.24) is 4.98 Å². The molecule has 0 saturated heterocycles. The molecular weight excluding hydrogens is 246 g/mol. The number of hydrogen-bond donors (Lipinski definition) is 1. The topological polar surface area (TPSA) is 42.1 Å². The molecule has 3 rings (SSSR count). The van der Waals surface area contributed by atoms with E-state index in [0.717, 1.165) is 24.3 Å². The summed E-state index contributed by atoms with van der Waals surface area (Å²) in [6, 6.07) is 13.3. The van der Waals surface area contributed by atoms with E-state index in [2.05, 4.69) is 41.1 Å². The van der Waals surface area contributed by atoms with Gasteiger partial charge in [-0.1, -0.05) is 18.2 Å². The van der Waals surface area contributed by atoms with Crippen molar-refractivity contribution in [2.75, 3.05) is 17.2 Å². The maximum absolute atomic E-state index is 5.68. The second kappa shape index (κ2) is 5.53. The third-order valence-corrected chi connectivity index (χ3v) is 4.12. The number of hydrogen-bond acceptors (Lipinski definition) is 3. The van der Waals surface area contributed by atoms with E-state index in [-0.39, 0.29) is 0 Å². The summed E-state index contributed by atoms with van der Waals surface area (Å²) in [7, 11) is 0. The monoisotopic (exact) mass is 267 g/mol. The fourth-order valence-electron chi connectivity index (χ4n) is 2.92. The summed E-state index contributed by atoms with van der Waals surface area (Å²) in [5, 5.41) is 0. The third kappa shape index (κ3) is 2.62. The number of anilines is 2. The molecule has 0 fully saturated rings. The number of para-hydroxylation sites is 1. The molecule has 0 saturated carbocycles. The molecule has 1 unspecified atom stereocenters. The number of rotatable bonds is 3. The Morgan fingerprint density at radius 2 is 2.10 bits per heavy atom. The van der Waals surface area contributed by atoms with Crippen LogP contribution < -0.4 is 10.6 Å². The molecule has 104 valence electrons. The van der Waals surface area contributed by atoms with E-state index < -0.39 is 0 Å². The van der Waals surface area contributed by atoms with Gasteiger partial charge in [0.15, 0.2) is 0 Å². The average molecular weight is 267 g/mol. The smallest absolute Gasteiger partial charge is 0.0501 e. The Kier molecular flexibility index (Phi) is 3.59. The van der Waals surface area contributed by atoms with Gasteiger partial charge in [-0.15, -0.1) is 0 Å². The summed E-state index contributed by atoms with van der Waals surface area (Å²) in [6.07, 6.45) is 5.11. The van der Waals surface area contributed by atoms with Crippen molar-refractivity contribution in [3.63, 3.8) is 0 Å².